The van der Waals surface area contributed by atoms with Crippen LogP contribution in [-0.2, 0) is 19.4 Å². The molecule has 0 aromatic carbocycles. The van der Waals surface area contributed by atoms with E-state index in [0.717, 1.165) is 26.1 Å². The molecule has 3 heteroatoms. The van der Waals surface area contributed by atoms with Crippen molar-refractivity contribution in [2.45, 2.75) is 19.4 Å². The highest BCUT2D eigenvalue weighted by Gasteiger charge is 2.13. The van der Waals surface area contributed by atoms with Crippen molar-refractivity contribution in [2.24, 2.45) is 5.73 Å². The van der Waals surface area contributed by atoms with Crippen molar-refractivity contribution in [1.82, 2.24) is 5.32 Å². The Bertz CT molecular complexity index is 267. The Hall–Kier alpha value is -0.380. The quantitative estimate of drug-likeness (QED) is 0.713. The number of nitrogens with one attached hydrogen (secondary N) is 1. The van der Waals surface area contributed by atoms with E-state index in [-0.39, 0.29) is 0 Å². The lowest BCUT2D eigenvalue weighted by Crippen LogP contribution is -2.23. The smallest absolute Gasteiger partial charge is 0.0216 e. The number of nitrogens with two attached hydrogens (primary N) is 1. The Kier molecular flexibility index (Phi) is 2.44. The Morgan fingerprint density at radius 1 is 1.58 bits per heavy atom. The van der Waals surface area contributed by atoms with Crippen LogP contribution in [0.3, 0.4) is 0 Å². The van der Waals surface area contributed by atoms with Gasteiger partial charge in [0.1, 0.15) is 0 Å². The summed E-state index contributed by atoms with van der Waals surface area (Å²) in [5.74, 6) is 0. The van der Waals surface area contributed by atoms with Crippen molar-refractivity contribution < 1.29 is 0 Å². The van der Waals surface area contributed by atoms with Gasteiger partial charge in [-0.15, -0.1) is 11.3 Å². The molecule has 0 atom stereocenters. The van der Waals surface area contributed by atoms with Crippen LogP contribution in [0.5, 0.6) is 0 Å². The monoisotopic (exact) mass is 182 g/mol. The molecule has 0 unspecified atom stereocenters. The van der Waals surface area contributed by atoms with Gasteiger partial charge in [-0.2, -0.15) is 0 Å². The van der Waals surface area contributed by atoms with Crippen LogP contribution in [0.2, 0.25) is 0 Å². The molecule has 0 radical (unpaired) electrons. The van der Waals surface area contributed by atoms with Gasteiger partial charge in [0.2, 0.25) is 0 Å². The molecule has 2 rings (SSSR count). The van der Waals surface area contributed by atoms with E-state index in [9.17, 15) is 0 Å². The topological polar surface area (TPSA) is 38.0 Å². The number of hydrogen-bond acceptors (Lipinski definition) is 3. The molecule has 0 saturated carbocycles. The second-order valence-corrected chi connectivity index (χ2v) is 4.09. The summed E-state index contributed by atoms with van der Waals surface area (Å²) in [5, 5.41) is 5.64. The maximum atomic E-state index is 5.54. The average Bonchev–Trinajstić information content (AvgIpc) is 2.50. The van der Waals surface area contributed by atoms with Crippen molar-refractivity contribution in [1.29, 1.82) is 0 Å². The van der Waals surface area contributed by atoms with Gasteiger partial charge < -0.3 is 11.1 Å². The van der Waals surface area contributed by atoms with Crippen molar-refractivity contribution in [2.75, 3.05) is 13.1 Å². The molecule has 1 aliphatic rings. The maximum Gasteiger partial charge on any atom is 0.0216 e. The molecule has 12 heavy (non-hydrogen) atoms. The van der Waals surface area contributed by atoms with Crippen LogP contribution in [0, 0.1) is 0 Å². The molecule has 2 nitrogen and oxygen atoms in total. The normalized spacial score (nSPS) is 16.1. The van der Waals surface area contributed by atoms with Crippen LogP contribution in [0.4, 0.5) is 0 Å². The van der Waals surface area contributed by atoms with Crippen LogP contribution in [-0.4, -0.2) is 13.1 Å². The Balaban J connectivity index is 2.25. The Morgan fingerprint density at radius 3 is 3.33 bits per heavy atom. The molecule has 0 fully saturated rings. The highest BCUT2D eigenvalue weighted by Crippen LogP contribution is 2.25. The fraction of sp³-hybridized carbons (Fsp3) is 0.556. The first kappa shape index (κ1) is 8.23. The minimum Gasteiger partial charge on any atom is -0.330 e. The van der Waals surface area contributed by atoms with Gasteiger partial charge in [-0.25, -0.2) is 0 Å². The predicted octanol–water partition coefficient (Wildman–Crippen LogP) is 0.895. The van der Waals surface area contributed by atoms with E-state index >= 15 is 0 Å². The van der Waals surface area contributed by atoms with Crippen LogP contribution >= 0.6 is 11.3 Å². The van der Waals surface area contributed by atoms with Gasteiger partial charge >= 0.3 is 0 Å². The Morgan fingerprint density at radius 2 is 2.50 bits per heavy atom. The van der Waals surface area contributed by atoms with Crippen LogP contribution < -0.4 is 11.1 Å². The van der Waals surface area contributed by atoms with E-state index in [1.165, 1.54) is 16.9 Å². The third-order valence-corrected chi connectivity index (χ3v) is 3.44. The second-order valence-electron chi connectivity index (χ2n) is 3.13. The first-order chi connectivity index (χ1) is 5.92. The summed E-state index contributed by atoms with van der Waals surface area (Å²) >= 11 is 1.87. The van der Waals surface area contributed by atoms with Gasteiger partial charge in [0.15, 0.2) is 0 Å². The molecule has 1 aromatic heterocycles. The Labute approximate surface area is 76.8 Å². The van der Waals surface area contributed by atoms with Crippen molar-refractivity contribution in [3.8, 4) is 0 Å². The minimum atomic E-state index is 0.778. The van der Waals surface area contributed by atoms with Crippen LogP contribution in [0.15, 0.2) is 5.38 Å². The summed E-state index contributed by atoms with van der Waals surface area (Å²) in [6.07, 6.45) is 2.24. The van der Waals surface area contributed by atoms with Gasteiger partial charge in [0.05, 0.1) is 0 Å². The van der Waals surface area contributed by atoms with E-state index < -0.39 is 0 Å². The van der Waals surface area contributed by atoms with Crippen LogP contribution in [0.1, 0.15) is 16.0 Å². The lowest BCUT2D eigenvalue weighted by atomic mass is 10.0. The first-order valence-electron chi connectivity index (χ1n) is 4.40. The molecule has 0 aliphatic carbocycles. The van der Waals surface area contributed by atoms with Gasteiger partial charge in [0, 0.05) is 11.4 Å². The fourth-order valence-electron chi connectivity index (χ4n) is 1.69. The minimum absolute atomic E-state index is 0.778. The standard InChI is InChI=1S/C9H14N2S/c10-3-1-9-8-2-4-11-5-7(8)6-12-9/h6,11H,1-5,10H2. The van der Waals surface area contributed by atoms with Gasteiger partial charge in [-0.1, -0.05) is 0 Å². The molecule has 0 saturated heterocycles. The number of hydrogen-bond donors (Lipinski definition) is 2. The molecule has 0 amide bonds. The van der Waals surface area contributed by atoms with Gasteiger partial charge in [-0.3, -0.25) is 0 Å². The van der Waals surface area contributed by atoms with E-state index in [0.29, 0.717) is 0 Å². The van der Waals surface area contributed by atoms with Gasteiger partial charge in [-0.05, 0) is 42.4 Å². The number of rotatable bonds is 2. The summed E-state index contributed by atoms with van der Waals surface area (Å²) in [7, 11) is 0. The number of fused-ring (bicyclic) bond motifs is 1. The zero-order valence-electron chi connectivity index (χ0n) is 7.10. The summed E-state index contributed by atoms with van der Waals surface area (Å²) in [4.78, 5) is 1.51. The largest absolute Gasteiger partial charge is 0.330 e. The van der Waals surface area contributed by atoms with E-state index in [4.69, 9.17) is 5.73 Å². The van der Waals surface area contributed by atoms with E-state index in [2.05, 4.69) is 10.7 Å². The summed E-state index contributed by atoms with van der Waals surface area (Å²) in [5.41, 5.74) is 8.61. The molecular formula is C9H14N2S. The molecule has 1 aliphatic heterocycles. The van der Waals surface area contributed by atoms with E-state index in [1.54, 1.807) is 5.56 Å². The highest BCUT2D eigenvalue weighted by molar-refractivity contribution is 7.10. The molecule has 66 valence electrons. The molecular weight excluding hydrogens is 168 g/mol. The first-order valence-corrected chi connectivity index (χ1v) is 5.28. The SMILES string of the molecule is NCCc1scc2c1CCNC2. The van der Waals surface area contributed by atoms with Crippen molar-refractivity contribution in [3.63, 3.8) is 0 Å². The summed E-state index contributed by atoms with van der Waals surface area (Å²) in [6.45, 7) is 2.96. The van der Waals surface area contributed by atoms with Crippen molar-refractivity contribution in [3.05, 3.63) is 21.4 Å². The predicted molar refractivity (Wildman–Crippen MR) is 52.5 cm³/mol. The molecule has 0 spiro atoms. The third kappa shape index (κ3) is 1.40. The van der Waals surface area contributed by atoms with Crippen molar-refractivity contribution >= 4 is 11.3 Å². The highest BCUT2D eigenvalue weighted by atomic mass is 32.1. The second kappa shape index (κ2) is 3.56. The zero-order valence-corrected chi connectivity index (χ0v) is 7.91. The number of thiophene rings is 1. The molecule has 0 bridgehead atoms. The van der Waals surface area contributed by atoms with Gasteiger partial charge in [0.25, 0.3) is 0 Å². The van der Waals surface area contributed by atoms with E-state index in [1.807, 2.05) is 11.3 Å². The molecule has 1 aromatic rings. The third-order valence-electron chi connectivity index (χ3n) is 2.31. The summed E-state index contributed by atoms with van der Waals surface area (Å²) in [6, 6.07) is 0. The lowest BCUT2D eigenvalue weighted by Gasteiger charge is -2.14. The zero-order chi connectivity index (χ0) is 8.39. The average molecular weight is 182 g/mol. The molecule has 2 heterocycles. The lowest BCUT2D eigenvalue weighted by molar-refractivity contribution is 0.643. The summed E-state index contributed by atoms with van der Waals surface area (Å²) < 4.78 is 0. The molecule has 3 N–H and O–H groups in total. The fourth-order valence-corrected chi connectivity index (χ4v) is 2.81. The van der Waals surface area contributed by atoms with Crippen LogP contribution in [0.25, 0.3) is 0 Å². The maximum absolute atomic E-state index is 5.54.